The molecule has 1 saturated heterocycles. The lowest BCUT2D eigenvalue weighted by Crippen LogP contribution is -2.39. The van der Waals surface area contributed by atoms with Crippen molar-refractivity contribution in [3.05, 3.63) is 63.9 Å². The predicted molar refractivity (Wildman–Crippen MR) is 122 cm³/mol. The molecule has 1 fully saturated rings. The van der Waals surface area contributed by atoms with E-state index in [1.54, 1.807) is 19.1 Å². The van der Waals surface area contributed by atoms with E-state index in [2.05, 4.69) is 4.90 Å². The summed E-state index contributed by atoms with van der Waals surface area (Å²) in [5, 5.41) is 10.7. The first-order valence-electron chi connectivity index (χ1n) is 11.1. The van der Waals surface area contributed by atoms with Crippen LogP contribution in [-0.2, 0) is 16.1 Å². The molecule has 168 valence electrons. The Morgan fingerprint density at radius 3 is 2.75 bits per heavy atom. The molecule has 0 amide bonds. The lowest BCUT2D eigenvalue weighted by atomic mass is 9.96. The molecule has 4 rings (SSSR count). The monoisotopic (exact) mass is 435 g/mol. The molecule has 0 saturated carbocycles. The number of rotatable bonds is 5. The number of carbonyl (C=O) groups excluding carboxylic acids is 2. The van der Waals surface area contributed by atoms with Gasteiger partial charge in [-0.1, -0.05) is 29.8 Å². The van der Waals surface area contributed by atoms with Gasteiger partial charge in [-0.25, -0.2) is 0 Å². The van der Waals surface area contributed by atoms with Gasteiger partial charge in [0, 0.05) is 13.1 Å². The average molecular weight is 436 g/mol. The first kappa shape index (κ1) is 22.1. The number of likely N-dealkylation sites (tertiary alicyclic amines) is 1. The van der Waals surface area contributed by atoms with E-state index >= 15 is 0 Å². The molecular weight excluding hydrogens is 406 g/mol. The second-order valence-corrected chi connectivity index (χ2v) is 8.57. The van der Waals surface area contributed by atoms with E-state index in [4.69, 9.17) is 9.47 Å². The fraction of sp³-hybridized carbons (Fsp3) is 0.385. The molecule has 1 unspecified atom stereocenters. The second-order valence-electron chi connectivity index (χ2n) is 8.57. The molecule has 0 spiro atoms. The first-order valence-corrected chi connectivity index (χ1v) is 11.1. The molecule has 2 heterocycles. The summed E-state index contributed by atoms with van der Waals surface area (Å²) in [6.07, 6.45) is 3.40. The highest BCUT2D eigenvalue weighted by Gasteiger charge is 2.35. The van der Waals surface area contributed by atoms with Crippen LogP contribution < -0.4 is 4.74 Å². The maximum Gasteiger partial charge on any atom is 0.310 e. The number of hydrogen-bond acceptors (Lipinski definition) is 6. The zero-order valence-electron chi connectivity index (χ0n) is 18.8. The summed E-state index contributed by atoms with van der Waals surface area (Å²) in [6.45, 7) is 7.75. The van der Waals surface area contributed by atoms with Gasteiger partial charge in [0.25, 0.3) is 0 Å². The number of hydrogen-bond donors (Lipinski definition) is 1. The molecule has 2 aromatic rings. The number of phenols is 1. The Balaban J connectivity index is 1.61. The SMILES string of the molecule is CCOC(=O)C1CCCN(Cc2c(O)cc(C)c3c2O/C(=C\c2ccc(C)cc2)C3=O)C1. The van der Waals surface area contributed by atoms with Crippen LogP contribution in [0.1, 0.15) is 52.4 Å². The third kappa shape index (κ3) is 4.41. The van der Waals surface area contributed by atoms with E-state index in [0.717, 1.165) is 30.5 Å². The molecule has 0 aromatic heterocycles. The van der Waals surface area contributed by atoms with Crippen molar-refractivity contribution >= 4 is 17.8 Å². The van der Waals surface area contributed by atoms with Crippen LogP contribution in [0.15, 0.2) is 36.1 Å². The standard InChI is InChI=1S/C26H29NO5/c1-4-31-26(30)19-6-5-11-27(14-19)15-20-21(28)12-17(3)23-24(29)22(32-25(20)23)13-18-9-7-16(2)8-10-18/h7-10,12-13,19,28H,4-6,11,14-15H2,1-3H3/b22-13-. The normalized spacial score (nSPS) is 19.7. The van der Waals surface area contributed by atoms with Gasteiger partial charge in [-0.05, 0) is 63.4 Å². The number of piperidine rings is 1. The molecule has 1 N–H and O–H groups in total. The number of benzene rings is 2. The van der Waals surface area contributed by atoms with E-state index < -0.39 is 0 Å². The number of aromatic hydroxyl groups is 1. The Kier molecular flexibility index (Phi) is 6.33. The molecule has 0 bridgehead atoms. The van der Waals surface area contributed by atoms with Crippen LogP contribution in [0.2, 0.25) is 0 Å². The fourth-order valence-corrected chi connectivity index (χ4v) is 4.42. The molecule has 2 aliphatic rings. The number of Topliss-reactive ketones (excluding diaryl/α,β-unsaturated/α-hetero) is 1. The highest BCUT2D eigenvalue weighted by Crippen LogP contribution is 2.42. The van der Waals surface area contributed by atoms with Crippen molar-refractivity contribution < 1.29 is 24.2 Å². The van der Waals surface area contributed by atoms with Crippen LogP contribution in [0.3, 0.4) is 0 Å². The van der Waals surface area contributed by atoms with Crippen molar-refractivity contribution in [3.8, 4) is 11.5 Å². The molecular formula is C26H29NO5. The van der Waals surface area contributed by atoms with E-state index in [9.17, 15) is 14.7 Å². The van der Waals surface area contributed by atoms with Crippen molar-refractivity contribution in [2.75, 3.05) is 19.7 Å². The number of phenolic OH excluding ortho intramolecular Hbond substituents is 1. The van der Waals surface area contributed by atoms with Crippen molar-refractivity contribution in [3.63, 3.8) is 0 Å². The Hall–Kier alpha value is -3.12. The minimum Gasteiger partial charge on any atom is -0.507 e. The summed E-state index contributed by atoms with van der Waals surface area (Å²) in [7, 11) is 0. The Labute approximate surface area is 188 Å². The van der Waals surface area contributed by atoms with Gasteiger partial charge in [0.1, 0.15) is 11.5 Å². The number of nitrogens with zero attached hydrogens (tertiary/aromatic N) is 1. The van der Waals surface area contributed by atoms with Crippen LogP contribution in [0, 0.1) is 19.8 Å². The van der Waals surface area contributed by atoms with Gasteiger partial charge in [-0.3, -0.25) is 14.5 Å². The molecule has 2 aliphatic heterocycles. The molecule has 1 atom stereocenters. The van der Waals surface area contributed by atoms with E-state index in [0.29, 0.717) is 42.1 Å². The lowest BCUT2D eigenvalue weighted by Gasteiger charge is -2.31. The number of fused-ring (bicyclic) bond motifs is 1. The summed E-state index contributed by atoms with van der Waals surface area (Å²) < 4.78 is 11.2. The van der Waals surface area contributed by atoms with E-state index in [1.807, 2.05) is 38.1 Å². The van der Waals surface area contributed by atoms with E-state index in [1.165, 1.54) is 0 Å². The first-order chi connectivity index (χ1) is 15.4. The number of esters is 1. The van der Waals surface area contributed by atoms with Crippen LogP contribution >= 0.6 is 0 Å². The lowest BCUT2D eigenvalue weighted by molar-refractivity contribution is -0.150. The Morgan fingerprint density at radius 2 is 2.03 bits per heavy atom. The Morgan fingerprint density at radius 1 is 1.28 bits per heavy atom. The summed E-state index contributed by atoms with van der Waals surface area (Å²) in [5.74, 6) is 0.242. The maximum absolute atomic E-state index is 13.1. The minimum absolute atomic E-state index is 0.101. The van der Waals surface area contributed by atoms with Crippen LogP contribution in [0.5, 0.6) is 11.5 Å². The van der Waals surface area contributed by atoms with Crippen molar-refractivity contribution in [1.82, 2.24) is 4.90 Å². The minimum atomic E-state index is -0.178. The zero-order chi connectivity index (χ0) is 22.8. The summed E-state index contributed by atoms with van der Waals surface area (Å²) in [5.41, 5.74) is 3.77. The van der Waals surface area contributed by atoms with Crippen molar-refractivity contribution in [2.45, 2.75) is 40.2 Å². The number of ketones is 1. The molecule has 32 heavy (non-hydrogen) atoms. The van der Waals surface area contributed by atoms with Gasteiger partial charge < -0.3 is 14.6 Å². The van der Waals surface area contributed by atoms with Crippen molar-refractivity contribution in [1.29, 1.82) is 0 Å². The Bertz CT molecular complexity index is 1070. The third-order valence-electron chi connectivity index (χ3n) is 6.10. The van der Waals surface area contributed by atoms with Gasteiger partial charge in [0.15, 0.2) is 5.76 Å². The summed E-state index contributed by atoms with van der Waals surface area (Å²) in [6, 6.07) is 9.47. The molecule has 0 aliphatic carbocycles. The molecule has 6 heteroatoms. The summed E-state index contributed by atoms with van der Waals surface area (Å²) in [4.78, 5) is 27.4. The number of carbonyl (C=O) groups is 2. The average Bonchev–Trinajstić information content (AvgIpc) is 3.09. The molecule has 6 nitrogen and oxygen atoms in total. The van der Waals surface area contributed by atoms with Crippen LogP contribution in [0.4, 0.5) is 0 Å². The maximum atomic E-state index is 13.1. The molecule has 0 radical (unpaired) electrons. The van der Waals surface area contributed by atoms with Crippen molar-refractivity contribution in [2.24, 2.45) is 5.92 Å². The van der Waals surface area contributed by atoms with Gasteiger partial charge in [-0.2, -0.15) is 0 Å². The zero-order valence-corrected chi connectivity index (χ0v) is 18.8. The van der Waals surface area contributed by atoms with Gasteiger partial charge >= 0.3 is 5.97 Å². The third-order valence-corrected chi connectivity index (χ3v) is 6.10. The van der Waals surface area contributed by atoms with Gasteiger partial charge in [0.05, 0.1) is 23.7 Å². The van der Waals surface area contributed by atoms with Gasteiger partial charge in [0.2, 0.25) is 5.78 Å². The summed E-state index contributed by atoms with van der Waals surface area (Å²) >= 11 is 0. The highest BCUT2D eigenvalue weighted by molar-refractivity contribution is 6.15. The van der Waals surface area contributed by atoms with Gasteiger partial charge in [-0.15, -0.1) is 0 Å². The number of ether oxygens (including phenoxy) is 2. The van der Waals surface area contributed by atoms with E-state index in [-0.39, 0.29) is 29.2 Å². The predicted octanol–water partition coefficient (Wildman–Crippen LogP) is 4.40. The van der Waals surface area contributed by atoms with Crippen LogP contribution in [0.25, 0.3) is 6.08 Å². The number of allylic oxidation sites excluding steroid dienone is 1. The highest BCUT2D eigenvalue weighted by atomic mass is 16.5. The second kappa shape index (κ2) is 9.17. The smallest absolute Gasteiger partial charge is 0.310 e. The largest absolute Gasteiger partial charge is 0.507 e. The molecule has 2 aromatic carbocycles. The van der Waals surface area contributed by atoms with Crippen LogP contribution in [-0.4, -0.2) is 41.5 Å². The number of aryl methyl sites for hydroxylation is 2. The quantitative estimate of drug-likeness (QED) is 0.554. The topological polar surface area (TPSA) is 76.1 Å². The fourth-order valence-electron chi connectivity index (χ4n) is 4.42.